The zero-order chi connectivity index (χ0) is 21.7. The number of likely N-dealkylation sites (tertiary alicyclic amines) is 1. The molecular weight excluding hydrogens is 460 g/mol. The summed E-state index contributed by atoms with van der Waals surface area (Å²) < 4.78 is 13.0. The minimum Gasteiger partial charge on any atom is -0.546 e. The SMILES string of the molecule is C/C=C(\Br)CN1CC[C@]23C(=C(C(=O)OC)C=C(O[Si](C)(C)C)[C@H]12)Nc1ccccc13. The second-order valence-corrected chi connectivity index (χ2v) is 14.5. The van der Waals surface area contributed by atoms with Crippen molar-refractivity contribution in [3.8, 4) is 0 Å². The van der Waals surface area contributed by atoms with Crippen molar-refractivity contribution in [3.63, 3.8) is 0 Å². The molecule has 0 bridgehead atoms. The quantitative estimate of drug-likeness (QED) is 0.471. The Balaban J connectivity index is 1.94. The fourth-order valence-electron chi connectivity index (χ4n) is 4.99. The Morgan fingerprint density at radius 1 is 1.37 bits per heavy atom. The van der Waals surface area contributed by atoms with Crippen molar-refractivity contribution in [1.29, 1.82) is 0 Å². The van der Waals surface area contributed by atoms with Crippen molar-refractivity contribution in [1.82, 2.24) is 4.90 Å². The summed E-state index contributed by atoms with van der Waals surface area (Å²) in [7, 11) is -0.474. The van der Waals surface area contributed by atoms with E-state index in [9.17, 15) is 4.79 Å². The summed E-state index contributed by atoms with van der Waals surface area (Å²) in [5.74, 6) is 0.554. The minimum absolute atomic E-state index is 0.0243. The van der Waals surface area contributed by atoms with Crippen LogP contribution in [0.15, 0.2) is 57.9 Å². The Morgan fingerprint density at radius 3 is 2.77 bits per heavy atom. The van der Waals surface area contributed by atoms with E-state index < -0.39 is 8.32 Å². The Kier molecular flexibility index (Phi) is 5.49. The van der Waals surface area contributed by atoms with Crippen molar-refractivity contribution in [3.05, 3.63) is 63.5 Å². The molecule has 1 fully saturated rings. The molecule has 7 heteroatoms. The molecule has 2 aliphatic heterocycles. The molecule has 0 saturated carbocycles. The number of ether oxygens (including phenoxy) is 1. The highest BCUT2D eigenvalue weighted by molar-refractivity contribution is 9.11. The first-order chi connectivity index (χ1) is 14.2. The maximum Gasteiger partial charge on any atom is 0.339 e. The van der Waals surface area contributed by atoms with Gasteiger partial charge in [-0.3, -0.25) is 4.90 Å². The summed E-state index contributed by atoms with van der Waals surface area (Å²) in [6, 6.07) is 8.41. The topological polar surface area (TPSA) is 50.8 Å². The fraction of sp³-hybridized carbons (Fsp3) is 0.435. The van der Waals surface area contributed by atoms with Crippen LogP contribution in [0.4, 0.5) is 5.69 Å². The van der Waals surface area contributed by atoms with Gasteiger partial charge in [-0.2, -0.15) is 0 Å². The number of nitrogens with zero attached hydrogens (tertiary/aromatic N) is 1. The van der Waals surface area contributed by atoms with Gasteiger partial charge in [0.15, 0.2) is 0 Å². The van der Waals surface area contributed by atoms with Crippen LogP contribution in [0.5, 0.6) is 0 Å². The number of carbonyl (C=O) groups is 1. The molecular formula is C23H29BrN2O3Si. The summed E-state index contributed by atoms with van der Waals surface area (Å²) in [4.78, 5) is 15.3. The highest BCUT2D eigenvalue weighted by atomic mass is 79.9. The number of para-hydroxylation sites is 1. The first-order valence-electron chi connectivity index (χ1n) is 10.4. The maximum atomic E-state index is 12.8. The summed E-state index contributed by atoms with van der Waals surface area (Å²) >= 11 is 3.70. The molecule has 2 atom stereocenters. The van der Waals surface area contributed by atoms with Crippen molar-refractivity contribution < 1.29 is 14.0 Å². The predicted molar refractivity (Wildman–Crippen MR) is 126 cm³/mol. The Morgan fingerprint density at radius 2 is 2.10 bits per heavy atom. The van der Waals surface area contributed by atoms with Crippen LogP contribution < -0.4 is 5.32 Å². The van der Waals surface area contributed by atoms with Crippen molar-refractivity contribution in [2.45, 2.75) is 44.4 Å². The molecule has 160 valence electrons. The third-order valence-corrected chi connectivity index (χ3v) is 7.62. The largest absolute Gasteiger partial charge is 0.546 e. The smallest absolute Gasteiger partial charge is 0.339 e. The van der Waals surface area contributed by atoms with Gasteiger partial charge in [-0.05, 0) is 50.7 Å². The molecule has 1 saturated heterocycles. The lowest BCUT2D eigenvalue weighted by atomic mass is 9.69. The van der Waals surface area contributed by atoms with Gasteiger partial charge in [0.2, 0.25) is 8.32 Å². The number of hydrogen-bond acceptors (Lipinski definition) is 5. The standard InChI is InChI=1S/C23H29BrN2O3Si/c1-6-15(24)14-26-12-11-23-17-9-7-8-10-18(17)25-20(23)16(22(27)28-2)13-19(21(23)26)29-30(3,4)5/h6-10,13,21,25H,11-12,14H2,1-5H3/b15-6-/t21-,23-/m0/s1. The van der Waals surface area contributed by atoms with E-state index in [0.29, 0.717) is 5.57 Å². The van der Waals surface area contributed by atoms with Gasteiger partial charge in [-0.25, -0.2) is 4.79 Å². The third kappa shape index (κ3) is 3.37. The molecule has 2 heterocycles. The fourth-order valence-corrected chi connectivity index (χ4v) is 6.19. The number of anilines is 1. The molecule has 5 nitrogen and oxygen atoms in total. The van der Waals surface area contributed by atoms with E-state index in [1.165, 1.54) is 12.7 Å². The summed E-state index contributed by atoms with van der Waals surface area (Å²) in [5.41, 5.74) is 3.47. The van der Waals surface area contributed by atoms with Gasteiger partial charge in [0.05, 0.1) is 29.9 Å². The van der Waals surface area contributed by atoms with Crippen LogP contribution in [0, 0.1) is 0 Å². The molecule has 0 unspecified atom stereocenters. The zero-order valence-electron chi connectivity index (χ0n) is 18.2. The number of methoxy groups -OCH3 is 1. The first kappa shape index (κ1) is 21.4. The number of allylic oxidation sites excluding steroid dienone is 1. The monoisotopic (exact) mass is 488 g/mol. The Bertz CT molecular complexity index is 979. The number of nitrogens with one attached hydrogen (secondary N) is 1. The Hall–Kier alpha value is -1.83. The number of rotatable bonds is 5. The van der Waals surface area contributed by atoms with E-state index in [2.05, 4.69) is 70.1 Å². The lowest BCUT2D eigenvalue weighted by Crippen LogP contribution is -2.49. The second-order valence-electron chi connectivity index (χ2n) is 9.04. The van der Waals surface area contributed by atoms with Gasteiger partial charge < -0.3 is 14.5 Å². The van der Waals surface area contributed by atoms with Gasteiger partial charge in [0.25, 0.3) is 0 Å². The van der Waals surface area contributed by atoms with Gasteiger partial charge in [-0.1, -0.05) is 40.2 Å². The summed E-state index contributed by atoms with van der Waals surface area (Å²) in [5, 5.41) is 3.57. The number of hydrogen-bond donors (Lipinski definition) is 1. The molecule has 30 heavy (non-hydrogen) atoms. The summed E-state index contributed by atoms with van der Waals surface area (Å²) in [6.07, 6.45) is 4.92. The van der Waals surface area contributed by atoms with Crippen LogP contribution >= 0.6 is 15.9 Å². The molecule has 4 rings (SSSR count). The molecule has 1 spiro atoms. The normalized spacial score (nSPS) is 25.9. The number of halogens is 1. The number of fused-ring (bicyclic) bond motifs is 1. The molecule has 1 aromatic carbocycles. The van der Waals surface area contributed by atoms with Crippen LogP contribution in [0.3, 0.4) is 0 Å². The highest BCUT2D eigenvalue weighted by Crippen LogP contribution is 2.58. The third-order valence-electron chi connectivity index (χ3n) is 6.06. The lowest BCUT2D eigenvalue weighted by molar-refractivity contribution is -0.135. The minimum atomic E-state index is -1.91. The zero-order valence-corrected chi connectivity index (χ0v) is 20.8. The molecule has 0 radical (unpaired) electrons. The van der Waals surface area contributed by atoms with Crippen molar-refractivity contribution in [2.24, 2.45) is 0 Å². The van der Waals surface area contributed by atoms with Crippen LogP contribution in [-0.4, -0.2) is 45.4 Å². The molecule has 0 amide bonds. The number of carbonyl (C=O) groups excluding carboxylic acids is 1. The van der Waals surface area contributed by atoms with E-state index in [1.54, 1.807) is 0 Å². The molecule has 1 N–H and O–H groups in total. The maximum absolute atomic E-state index is 12.8. The summed E-state index contributed by atoms with van der Waals surface area (Å²) in [6.45, 7) is 10.3. The van der Waals surface area contributed by atoms with Crippen LogP contribution in [0.1, 0.15) is 18.9 Å². The van der Waals surface area contributed by atoms with Crippen LogP contribution in [0.25, 0.3) is 0 Å². The first-order valence-corrected chi connectivity index (χ1v) is 14.6. The van der Waals surface area contributed by atoms with Crippen molar-refractivity contribution >= 4 is 35.9 Å². The second kappa shape index (κ2) is 7.69. The molecule has 3 aliphatic rings. The van der Waals surface area contributed by atoms with Gasteiger partial charge in [0, 0.05) is 29.0 Å². The average Bonchev–Trinajstić information content (AvgIpc) is 3.24. The number of esters is 1. The van der Waals surface area contributed by atoms with E-state index in [4.69, 9.17) is 9.16 Å². The Labute approximate surface area is 188 Å². The predicted octanol–water partition coefficient (Wildman–Crippen LogP) is 4.90. The van der Waals surface area contributed by atoms with Gasteiger partial charge in [0.1, 0.15) is 0 Å². The van der Waals surface area contributed by atoms with Crippen LogP contribution in [0.2, 0.25) is 19.6 Å². The van der Waals surface area contributed by atoms with E-state index in [1.807, 2.05) is 19.1 Å². The molecule has 0 aromatic heterocycles. The van der Waals surface area contributed by atoms with E-state index >= 15 is 0 Å². The molecule has 1 aromatic rings. The molecule has 1 aliphatic carbocycles. The van der Waals surface area contributed by atoms with E-state index in [0.717, 1.165) is 41.1 Å². The van der Waals surface area contributed by atoms with Gasteiger partial charge in [-0.15, -0.1) is 0 Å². The average molecular weight is 489 g/mol. The number of benzene rings is 1. The highest BCUT2D eigenvalue weighted by Gasteiger charge is 2.60. The van der Waals surface area contributed by atoms with Gasteiger partial charge >= 0.3 is 5.97 Å². The van der Waals surface area contributed by atoms with Crippen molar-refractivity contribution in [2.75, 3.05) is 25.5 Å². The van der Waals surface area contributed by atoms with Crippen LogP contribution in [-0.2, 0) is 19.4 Å². The van der Waals surface area contributed by atoms with E-state index in [-0.39, 0.29) is 17.4 Å². The lowest BCUT2D eigenvalue weighted by Gasteiger charge is -2.42.